The molecule has 8 nitrogen and oxygen atoms in total. The summed E-state index contributed by atoms with van der Waals surface area (Å²) in [4.78, 5) is 4.59. The van der Waals surface area contributed by atoms with Crippen LogP contribution in [-0.2, 0) is 14.8 Å². The molecule has 2 heterocycles. The number of ether oxygens (including phenoxy) is 1. The second-order valence-electron chi connectivity index (χ2n) is 8.27. The molecule has 2 N–H and O–H groups in total. The Morgan fingerprint density at radius 1 is 1.14 bits per heavy atom. The third kappa shape index (κ3) is 5.55. The third-order valence-corrected chi connectivity index (χ3v) is 7.47. The average Bonchev–Trinajstić information content (AvgIpc) is 2.99. The van der Waals surface area contributed by atoms with Crippen LogP contribution >= 0.6 is 0 Å². The van der Waals surface area contributed by atoms with Crippen molar-refractivity contribution in [3.8, 4) is 0 Å². The van der Waals surface area contributed by atoms with Crippen molar-refractivity contribution in [2.75, 3.05) is 59.0 Å². The summed E-state index contributed by atoms with van der Waals surface area (Å²) in [6.07, 6.45) is -0.886. The average molecular weight is 428 g/mol. The molecule has 0 aromatic heterocycles. The van der Waals surface area contributed by atoms with Crippen molar-refractivity contribution in [1.29, 1.82) is 0 Å². The van der Waals surface area contributed by atoms with Crippen molar-refractivity contribution in [3.63, 3.8) is 0 Å². The van der Waals surface area contributed by atoms with Gasteiger partial charge in [-0.25, -0.2) is 8.42 Å². The molecule has 9 heteroatoms. The fourth-order valence-electron chi connectivity index (χ4n) is 3.89. The normalized spacial score (nSPS) is 27.7. The summed E-state index contributed by atoms with van der Waals surface area (Å²) >= 11 is 0. The van der Waals surface area contributed by atoms with Gasteiger partial charge in [0.25, 0.3) is 0 Å². The van der Waals surface area contributed by atoms with Crippen molar-refractivity contribution >= 4 is 10.0 Å². The van der Waals surface area contributed by atoms with Gasteiger partial charge in [-0.1, -0.05) is 18.2 Å². The van der Waals surface area contributed by atoms with Gasteiger partial charge in [0.1, 0.15) is 5.60 Å². The predicted octanol–water partition coefficient (Wildman–Crippen LogP) is -0.174. The van der Waals surface area contributed by atoms with E-state index in [0.717, 1.165) is 32.7 Å². The molecule has 0 amide bonds. The Morgan fingerprint density at radius 2 is 1.76 bits per heavy atom. The Labute approximate surface area is 173 Å². The van der Waals surface area contributed by atoms with Crippen LogP contribution in [0.1, 0.15) is 13.8 Å². The van der Waals surface area contributed by atoms with Crippen LogP contribution in [0.3, 0.4) is 0 Å². The predicted molar refractivity (Wildman–Crippen MR) is 110 cm³/mol. The number of hydrogen-bond donors (Lipinski definition) is 2. The van der Waals surface area contributed by atoms with Gasteiger partial charge in [-0.3, -0.25) is 9.80 Å². The van der Waals surface area contributed by atoms with E-state index < -0.39 is 21.7 Å². The third-order valence-electron chi connectivity index (χ3n) is 5.65. The molecule has 2 saturated heterocycles. The second-order valence-corrected chi connectivity index (χ2v) is 10.2. The summed E-state index contributed by atoms with van der Waals surface area (Å²) in [5, 5.41) is 21.5. The van der Waals surface area contributed by atoms with Crippen molar-refractivity contribution in [3.05, 3.63) is 30.3 Å². The molecule has 0 unspecified atom stereocenters. The monoisotopic (exact) mass is 427 g/mol. The number of aliphatic hydroxyl groups is 2. The highest BCUT2D eigenvalue weighted by atomic mass is 32.2. The molecule has 1 aromatic carbocycles. The summed E-state index contributed by atoms with van der Waals surface area (Å²) in [6, 6.07) is 8.14. The molecule has 2 atom stereocenters. The quantitative estimate of drug-likeness (QED) is 0.595. The Kier molecular flexibility index (Phi) is 7.32. The fraction of sp³-hybridized carbons (Fsp3) is 0.700. The van der Waals surface area contributed by atoms with Crippen LogP contribution in [-0.4, -0.2) is 110 Å². The van der Waals surface area contributed by atoms with Crippen LogP contribution in [0.5, 0.6) is 0 Å². The van der Waals surface area contributed by atoms with Crippen LogP contribution in [0.2, 0.25) is 0 Å². The van der Waals surface area contributed by atoms with E-state index in [1.807, 2.05) is 13.8 Å². The highest BCUT2D eigenvalue weighted by Gasteiger charge is 2.49. The maximum Gasteiger partial charge on any atom is 0.243 e. The lowest BCUT2D eigenvalue weighted by Crippen LogP contribution is -2.56. The van der Waals surface area contributed by atoms with E-state index in [1.54, 1.807) is 18.2 Å². The highest BCUT2D eigenvalue weighted by molar-refractivity contribution is 7.89. The summed E-state index contributed by atoms with van der Waals surface area (Å²) < 4.78 is 32.4. The Bertz CT molecular complexity index is 753. The molecule has 0 spiro atoms. The van der Waals surface area contributed by atoms with Gasteiger partial charge in [0, 0.05) is 52.4 Å². The summed E-state index contributed by atoms with van der Waals surface area (Å²) in [5.41, 5.74) is -1.47. The Hall–Kier alpha value is -1.07. The number of aliphatic hydroxyl groups excluding tert-OH is 1. The van der Waals surface area contributed by atoms with Gasteiger partial charge >= 0.3 is 0 Å². The molecular formula is C20H33N3O5S. The zero-order valence-corrected chi connectivity index (χ0v) is 18.1. The van der Waals surface area contributed by atoms with Gasteiger partial charge in [0.05, 0.1) is 23.7 Å². The minimum Gasteiger partial charge on any atom is -0.389 e. The topological polar surface area (TPSA) is 93.5 Å². The SMILES string of the molecule is CC(C)OCCN1CCN(C[C@]2(O)CN(S(=O)(=O)c3ccccc3)C[C@H]2O)CC1. The van der Waals surface area contributed by atoms with Crippen molar-refractivity contribution in [2.24, 2.45) is 0 Å². The molecular weight excluding hydrogens is 394 g/mol. The zero-order chi connectivity index (χ0) is 21.1. The Morgan fingerprint density at radius 3 is 2.38 bits per heavy atom. The summed E-state index contributed by atoms with van der Waals surface area (Å²) in [6.45, 7) is 8.93. The van der Waals surface area contributed by atoms with Crippen molar-refractivity contribution < 1.29 is 23.4 Å². The van der Waals surface area contributed by atoms with E-state index in [0.29, 0.717) is 6.61 Å². The Balaban J connectivity index is 1.54. The van der Waals surface area contributed by atoms with E-state index in [9.17, 15) is 18.6 Å². The van der Waals surface area contributed by atoms with Gasteiger partial charge in [0.2, 0.25) is 10.0 Å². The minimum absolute atomic E-state index is 0.0970. The first kappa shape index (κ1) is 22.6. The molecule has 2 aliphatic rings. The van der Waals surface area contributed by atoms with Crippen LogP contribution in [0.25, 0.3) is 0 Å². The maximum atomic E-state index is 12.8. The molecule has 2 aliphatic heterocycles. The minimum atomic E-state index is -3.74. The van der Waals surface area contributed by atoms with Gasteiger partial charge < -0.3 is 14.9 Å². The summed E-state index contributed by atoms with van der Waals surface area (Å²) in [7, 11) is -3.74. The lowest BCUT2D eigenvalue weighted by Gasteiger charge is -2.39. The van der Waals surface area contributed by atoms with Crippen LogP contribution in [0, 0.1) is 0 Å². The fourth-order valence-corrected chi connectivity index (χ4v) is 5.42. The first-order valence-electron chi connectivity index (χ1n) is 10.2. The highest BCUT2D eigenvalue weighted by Crippen LogP contribution is 2.28. The molecule has 0 bridgehead atoms. The molecule has 1 aromatic rings. The number of benzene rings is 1. The number of β-amino-alcohol motifs (C(OH)–C–C–N with tert-alkyl or cyclic N) is 2. The molecule has 3 rings (SSSR count). The zero-order valence-electron chi connectivity index (χ0n) is 17.3. The smallest absolute Gasteiger partial charge is 0.243 e. The maximum absolute atomic E-state index is 12.8. The van der Waals surface area contributed by atoms with Gasteiger partial charge in [-0.05, 0) is 26.0 Å². The number of hydrogen-bond acceptors (Lipinski definition) is 7. The number of piperazine rings is 1. The first-order valence-corrected chi connectivity index (χ1v) is 11.7. The second kappa shape index (κ2) is 9.38. The summed E-state index contributed by atoms with van der Waals surface area (Å²) in [5.74, 6) is 0. The molecule has 0 radical (unpaired) electrons. The van der Waals surface area contributed by atoms with E-state index in [2.05, 4.69) is 9.80 Å². The molecule has 0 aliphatic carbocycles. The van der Waals surface area contributed by atoms with Gasteiger partial charge in [0.15, 0.2) is 0 Å². The molecule has 0 saturated carbocycles. The standard InChI is InChI=1S/C20H33N3O5S/c1-17(2)28-13-12-21-8-10-22(11-9-21)15-20(25)16-23(14-19(20)24)29(26,27)18-6-4-3-5-7-18/h3-7,17,19,24-25H,8-16H2,1-2H3/t19-,20+/m1/s1. The van der Waals surface area contributed by atoms with E-state index in [-0.39, 0.29) is 30.6 Å². The van der Waals surface area contributed by atoms with Crippen LogP contribution in [0.15, 0.2) is 35.2 Å². The molecule has 29 heavy (non-hydrogen) atoms. The lowest BCUT2D eigenvalue weighted by atomic mass is 9.99. The largest absolute Gasteiger partial charge is 0.389 e. The molecule has 164 valence electrons. The van der Waals surface area contributed by atoms with E-state index >= 15 is 0 Å². The van der Waals surface area contributed by atoms with E-state index in [1.165, 1.54) is 16.4 Å². The number of nitrogens with zero attached hydrogens (tertiary/aromatic N) is 3. The number of sulfonamides is 1. The van der Waals surface area contributed by atoms with Crippen molar-refractivity contribution in [2.45, 2.75) is 36.6 Å². The molecule has 2 fully saturated rings. The first-order chi connectivity index (χ1) is 13.7. The van der Waals surface area contributed by atoms with Crippen LogP contribution < -0.4 is 0 Å². The van der Waals surface area contributed by atoms with Crippen molar-refractivity contribution in [1.82, 2.24) is 14.1 Å². The lowest BCUT2D eigenvalue weighted by molar-refractivity contribution is -0.0676. The number of rotatable bonds is 8. The van der Waals surface area contributed by atoms with E-state index in [4.69, 9.17) is 4.74 Å². The van der Waals surface area contributed by atoms with Gasteiger partial charge in [-0.2, -0.15) is 4.31 Å². The van der Waals surface area contributed by atoms with Gasteiger partial charge in [-0.15, -0.1) is 0 Å². The van der Waals surface area contributed by atoms with Crippen LogP contribution in [0.4, 0.5) is 0 Å².